The number of nitrogen functional groups attached to an aromatic ring is 1. The van der Waals surface area contributed by atoms with E-state index in [1.807, 2.05) is 0 Å². The van der Waals surface area contributed by atoms with Crippen LogP contribution in [0.2, 0.25) is 0 Å². The van der Waals surface area contributed by atoms with Crippen LogP contribution in [0.25, 0.3) is 11.3 Å². The number of nitrogens with zero attached hydrogens (tertiary/aromatic N) is 1. The Morgan fingerprint density at radius 1 is 1.22 bits per heavy atom. The number of benzene rings is 1. The van der Waals surface area contributed by atoms with Gasteiger partial charge < -0.3 is 19.7 Å². The zero-order valence-corrected chi connectivity index (χ0v) is 9.38. The molecule has 6 heteroatoms. The van der Waals surface area contributed by atoms with Crippen molar-refractivity contribution in [2.24, 2.45) is 0 Å². The van der Waals surface area contributed by atoms with Crippen molar-refractivity contribution in [1.82, 2.24) is 5.16 Å². The topological polar surface area (TPSA) is 87.6 Å². The van der Waals surface area contributed by atoms with Gasteiger partial charge in [0.1, 0.15) is 13.2 Å². The predicted molar refractivity (Wildman–Crippen MR) is 62.7 cm³/mol. The number of aromatic nitrogens is 1. The molecule has 0 amide bonds. The molecule has 6 nitrogen and oxygen atoms in total. The van der Waals surface area contributed by atoms with Gasteiger partial charge in [-0.1, -0.05) is 5.16 Å². The fourth-order valence-electron chi connectivity index (χ4n) is 1.86. The van der Waals surface area contributed by atoms with Gasteiger partial charge in [-0.3, -0.25) is 4.79 Å². The lowest BCUT2D eigenvalue weighted by molar-refractivity contribution is 0.111. The maximum Gasteiger partial charge on any atom is 0.173 e. The minimum Gasteiger partial charge on any atom is -0.485 e. The Hall–Kier alpha value is -2.50. The normalized spacial score (nSPS) is 13.3. The van der Waals surface area contributed by atoms with E-state index in [0.29, 0.717) is 41.6 Å². The first kappa shape index (κ1) is 10.6. The molecular weight excluding hydrogens is 236 g/mol. The van der Waals surface area contributed by atoms with Gasteiger partial charge in [0.2, 0.25) is 0 Å². The van der Waals surface area contributed by atoms with Crippen LogP contribution in [-0.2, 0) is 0 Å². The maximum absolute atomic E-state index is 10.9. The zero-order chi connectivity index (χ0) is 12.5. The molecule has 92 valence electrons. The molecule has 0 spiro atoms. The Balaban J connectivity index is 2.19. The molecule has 2 aromatic rings. The van der Waals surface area contributed by atoms with Crippen LogP contribution in [0.4, 0.5) is 5.82 Å². The molecule has 0 saturated carbocycles. The summed E-state index contributed by atoms with van der Waals surface area (Å²) in [5, 5.41) is 3.62. The van der Waals surface area contributed by atoms with Crippen LogP contribution >= 0.6 is 0 Å². The molecule has 0 atom stereocenters. The Bertz CT molecular complexity index is 606. The monoisotopic (exact) mass is 246 g/mol. The number of carbonyl (C=O) groups is 1. The van der Waals surface area contributed by atoms with Crippen LogP contribution in [0.5, 0.6) is 11.5 Å². The van der Waals surface area contributed by atoms with E-state index < -0.39 is 0 Å². The average molecular weight is 246 g/mol. The van der Waals surface area contributed by atoms with Crippen LogP contribution in [0.3, 0.4) is 0 Å². The van der Waals surface area contributed by atoms with Crippen molar-refractivity contribution in [3.05, 3.63) is 23.8 Å². The summed E-state index contributed by atoms with van der Waals surface area (Å²) in [4.78, 5) is 10.9. The van der Waals surface area contributed by atoms with Gasteiger partial charge in [-0.05, 0) is 12.1 Å². The van der Waals surface area contributed by atoms with Crippen molar-refractivity contribution >= 4 is 12.1 Å². The van der Waals surface area contributed by atoms with E-state index in [-0.39, 0.29) is 5.82 Å². The Morgan fingerprint density at radius 2 is 2.00 bits per heavy atom. The third kappa shape index (κ3) is 1.58. The van der Waals surface area contributed by atoms with E-state index in [4.69, 9.17) is 19.7 Å². The second-order valence-corrected chi connectivity index (χ2v) is 3.79. The van der Waals surface area contributed by atoms with E-state index in [2.05, 4.69) is 5.16 Å². The number of rotatable bonds is 2. The standard InChI is InChI=1S/C12H10N2O4/c13-10-5-9(18-14-10)8-2-1-7(6-15)11-12(8)17-4-3-16-11/h1-2,5-6H,3-4H2,(H2,13,14). The van der Waals surface area contributed by atoms with E-state index >= 15 is 0 Å². The van der Waals surface area contributed by atoms with E-state index in [9.17, 15) is 4.79 Å². The van der Waals surface area contributed by atoms with Gasteiger partial charge in [-0.25, -0.2) is 0 Å². The van der Waals surface area contributed by atoms with Crippen LogP contribution in [-0.4, -0.2) is 24.7 Å². The molecule has 0 saturated heterocycles. The van der Waals surface area contributed by atoms with Gasteiger partial charge in [-0.2, -0.15) is 0 Å². The van der Waals surface area contributed by atoms with Crippen molar-refractivity contribution in [3.8, 4) is 22.8 Å². The maximum atomic E-state index is 10.9. The number of aldehydes is 1. The quantitative estimate of drug-likeness (QED) is 0.808. The number of hydrogen-bond acceptors (Lipinski definition) is 6. The third-order valence-electron chi connectivity index (χ3n) is 2.64. The Kier molecular flexibility index (Phi) is 2.40. The SMILES string of the molecule is Nc1cc(-c2ccc(C=O)c3c2OCCO3)on1. The highest BCUT2D eigenvalue weighted by Crippen LogP contribution is 2.42. The summed E-state index contributed by atoms with van der Waals surface area (Å²) in [6, 6.07) is 4.96. The molecule has 1 aromatic carbocycles. The van der Waals surface area contributed by atoms with E-state index in [1.165, 1.54) is 0 Å². The lowest BCUT2D eigenvalue weighted by Crippen LogP contribution is -2.17. The molecule has 0 radical (unpaired) electrons. The lowest BCUT2D eigenvalue weighted by atomic mass is 10.1. The lowest BCUT2D eigenvalue weighted by Gasteiger charge is -2.21. The first-order valence-electron chi connectivity index (χ1n) is 5.40. The average Bonchev–Trinajstić information content (AvgIpc) is 2.84. The number of hydrogen-bond donors (Lipinski definition) is 1. The molecule has 0 aliphatic carbocycles. The van der Waals surface area contributed by atoms with Crippen molar-refractivity contribution in [3.63, 3.8) is 0 Å². The van der Waals surface area contributed by atoms with Gasteiger partial charge in [-0.15, -0.1) is 0 Å². The fourth-order valence-corrected chi connectivity index (χ4v) is 1.86. The van der Waals surface area contributed by atoms with Crippen LogP contribution in [0, 0.1) is 0 Å². The van der Waals surface area contributed by atoms with Gasteiger partial charge in [0.25, 0.3) is 0 Å². The molecule has 1 aliphatic rings. The summed E-state index contributed by atoms with van der Waals surface area (Å²) in [7, 11) is 0. The first-order chi connectivity index (χ1) is 8.79. The van der Waals surface area contributed by atoms with Crippen LogP contribution in [0.15, 0.2) is 22.7 Å². The third-order valence-corrected chi connectivity index (χ3v) is 2.64. The summed E-state index contributed by atoms with van der Waals surface area (Å²) in [6.45, 7) is 0.835. The first-order valence-corrected chi connectivity index (χ1v) is 5.40. The van der Waals surface area contributed by atoms with Crippen LogP contribution in [0.1, 0.15) is 10.4 Å². The molecule has 1 aliphatic heterocycles. The molecule has 1 aromatic heterocycles. The molecule has 0 fully saturated rings. The highest BCUT2D eigenvalue weighted by Gasteiger charge is 2.22. The fraction of sp³-hybridized carbons (Fsp3) is 0.167. The molecular formula is C12H10N2O4. The minimum absolute atomic E-state index is 0.287. The Morgan fingerprint density at radius 3 is 2.67 bits per heavy atom. The summed E-state index contributed by atoms with van der Waals surface area (Å²) in [5.74, 6) is 1.69. The number of nitrogens with two attached hydrogens (primary N) is 1. The van der Waals surface area contributed by atoms with Crippen molar-refractivity contribution in [1.29, 1.82) is 0 Å². The number of carbonyl (C=O) groups excluding carboxylic acids is 1. The minimum atomic E-state index is 0.287. The van der Waals surface area contributed by atoms with Gasteiger partial charge in [0.05, 0.1) is 11.1 Å². The second-order valence-electron chi connectivity index (χ2n) is 3.79. The summed E-state index contributed by atoms with van der Waals surface area (Å²) >= 11 is 0. The van der Waals surface area contributed by atoms with Crippen molar-refractivity contribution in [2.45, 2.75) is 0 Å². The number of ether oxygens (including phenoxy) is 2. The summed E-state index contributed by atoms with van der Waals surface area (Å²) in [5.41, 5.74) is 6.63. The van der Waals surface area contributed by atoms with Crippen LogP contribution < -0.4 is 15.2 Å². The highest BCUT2D eigenvalue weighted by molar-refractivity contribution is 5.85. The molecule has 3 rings (SSSR count). The van der Waals surface area contributed by atoms with Gasteiger partial charge in [0, 0.05) is 6.07 Å². The molecule has 0 unspecified atom stereocenters. The summed E-state index contributed by atoms with van der Waals surface area (Å²) < 4.78 is 16.1. The largest absolute Gasteiger partial charge is 0.485 e. The molecule has 2 N–H and O–H groups in total. The predicted octanol–water partition coefficient (Wildman–Crippen LogP) is 1.51. The molecule has 2 heterocycles. The zero-order valence-electron chi connectivity index (χ0n) is 9.38. The number of anilines is 1. The van der Waals surface area contributed by atoms with Gasteiger partial charge in [0.15, 0.2) is 29.4 Å². The molecule has 0 bridgehead atoms. The molecule has 18 heavy (non-hydrogen) atoms. The smallest absolute Gasteiger partial charge is 0.173 e. The summed E-state index contributed by atoms with van der Waals surface area (Å²) in [6.07, 6.45) is 0.728. The van der Waals surface area contributed by atoms with Crippen molar-refractivity contribution < 1.29 is 18.8 Å². The van der Waals surface area contributed by atoms with Gasteiger partial charge >= 0.3 is 0 Å². The number of fused-ring (bicyclic) bond motifs is 1. The highest BCUT2D eigenvalue weighted by atomic mass is 16.6. The van der Waals surface area contributed by atoms with E-state index in [0.717, 1.165) is 6.29 Å². The van der Waals surface area contributed by atoms with Crippen molar-refractivity contribution in [2.75, 3.05) is 18.9 Å². The van der Waals surface area contributed by atoms with E-state index in [1.54, 1.807) is 18.2 Å². The second kappa shape index (κ2) is 4.06. The Labute approximate surface area is 102 Å².